The van der Waals surface area contributed by atoms with E-state index in [-0.39, 0.29) is 5.56 Å². The molecule has 2 N–H and O–H groups in total. The van der Waals surface area contributed by atoms with E-state index < -0.39 is 11.7 Å². The first-order valence-corrected chi connectivity index (χ1v) is 3.14. The highest BCUT2D eigenvalue weighted by Crippen LogP contribution is 1.96. The molecule has 1 rings (SSSR count). The summed E-state index contributed by atoms with van der Waals surface area (Å²) in [5.41, 5.74) is 1.45. The minimum atomic E-state index is -1.05. The van der Waals surface area contributed by atoms with Gasteiger partial charge < -0.3 is 0 Å². The normalized spacial score (nSPS) is 9.08. The van der Waals surface area contributed by atoms with Crippen LogP contribution in [0.4, 0.5) is 0 Å². The maximum Gasteiger partial charge on any atom is 0.315 e. The minimum absolute atomic E-state index is 0.191. The van der Waals surface area contributed by atoms with Crippen molar-refractivity contribution in [3.8, 4) is 0 Å². The fourth-order valence-corrected chi connectivity index (χ4v) is 0.685. The Morgan fingerprint density at radius 2 is 1.92 bits per heavy atom. The third-order valence-corrected chi connectivity index (χ3v) is 1.25. The molecule has 12 heavy (non-hydrogen) atoms. The van der Waals surface area contributed by atoms with Gasteiger partial charge in [0.2, 0.25) is 0 Å². The van der Waals surface area contributed by atoms with Gasteiger partial charge >= 0.3 is 5.91 Å². The fraction of sp³-hybridized carbons (Fsp3) is 0. The van der Waals surface area contributed by atoms with Crippen molar-refractivity contribution < 1.29 is 14.8 Å². The molecule has 0 aromatic carbocycles. The zero-order chi connectivity index (χ0) is 8.97. The Morgan fingerprint density at radius 3 is 2.42 bits per heavy atom. The summed E-state index contributed by atoms with van der Waals surface area (Å²) in [4.78, 5) is 25.2. The molecule has 1 aromatic rings. The predicted molar refractivity (Wildman–Crippen MR) is 38.5 cm³/mol. The second-order valence-corrected chi connectivity index (χ2v) is 2.01. The topological polar surface area (TPSA) is 79.3 Å². The van der Waals surface area contributed by atoms with Crippen LogP contribution in [0.5, 0.6) is 0 Å². The van der Waals surface area contributed by atoms with E-state index in [1.807, 2.05) is 0 Å². The molecule has 5 nitrogen and oxygen atoms in total. The molecule has 1 aromatic heterocycles. The Bertz CT molecular complexity index is 297. The molecule has 1 heterocycles. The fourth-order valence-electron chi connectivity index (χ4n) is 0.685. The summed E-state index contributed by atoms with van der Waals surface area (Å²) >= 11 is 0. The molecule has 0 bridgehead atoms. The molecular weight excluding hydrogens is 160 g/mol. The molecule has 0 saturated carbocycles. The highest BCUT2D eigenvalue weighted by molar-refractivity contribution is 6.42. The second-order valence-electron chi connectivity index (χ2n) is 2.01. The van der Waals surface area contributed by atoms with Crippen molar-refractivity contribution in [1.82, 2.24) is 10.5 Å². The van der Waals surface area contributed by atoms with Crippen molar-refractivity contribution in [2.75, 3.05) is 0 Å². The Hall–Kier alpha value is -1.75. The number of hydroxylamine groups is 1. The summed E-state index contributed by atoms with van der Waals surface area (Å²) in [7, 11) is 0. The van der Waals surface area contributed by atoms with Crippen molar-refractivity contribution in [1.29, 1.82) is 0 Å². The van der Waals surface area contributed by atoms with Crippen LogP contribution in [0.2, 0.25) is 0 Å². The van der Waals surface area contributed by atoms with Crippen LogP contribution in [0.3, 0.4) is 0 Å². The summed E-state index contributed by atoms with van der Waals surface area (Å²) in [6.07, 6.45) is 2.77. The molecule has 62 valence electrons. The van der Waals surface area contributed by atoms with E-state index in [1.54, 1.807) is 0 Å². The molecule has 0 radical (unpaired) electrons. The van der Waals surface area contributed by atoms with E-state index >= 15 is 0 Å². The highest BCUT2D eigenvalue weighted by Gasteiger charge is 2.13. The van der Waals surface area contributed by atoms with Crippen LogP contribution in [0.1, 0.15) is 10.4 Å². The highest BCUT2D eigenvalue weighted by atomic mass is 16.5. The van der Waals surface area contributed by atoms with Gasteiger partial charge in [-0.3, -0.25) is 19.8 Å². The van der Waals surface area contributed by atoms with Crippen LogP contribution in [-0.4, -0.2) is 21.9 Å². The first kappa shape index (κ1) is 8.35. The summed E-state index contributed by atoms with van der Waals surface area (Å²) in [5, 5.41) is 8.13. The number of hydrogen-bond acceptors (Lipinski definition) is 4. The van der Waals surface area contributed by atoms with Crippen LogP contribution >= 0.6 is 0 Å². The number of rotatable bonds is 2. The molecule has 0 aliphatic carbocycles. The Kier molecular flexibility index (Phi) is 2.49. The van der Waals surface area contributed by atoms with E-state index in [0.29, 0.717) is 0 Å². The zero-order valence-electron chi connectivity index (χ0n) is 6.02. The van der Waals surface area contributed by atoms with Crippen molar-refractivity contribution in [2.24, 2.45) is 0 Å². The van der Waals surface area contributed by atoms with E-state index in [4.69, 9.17) is 5.21 Å². The lowest BCUT2D eigenvalue weighted by Crippen LogP contribution is -2.27. The molecule has 0 aliphatic rings. The van der Waals surface area contributed by atoms with Gasteiger partial charge in [-0.15, -0.1) is 0 Å². The quantitative estimate of drug-likeness (QED) is 0.275. The van der Waals surface area contributed by atoms with Gasteiger partial charge in [0.15, 0.2) is 0 Å². The number of amides is 1. The third-order valence-electron chi connectivity index (χ3n) is 1.25. The van der Waals surface area contributed by atoms with E-state index in [2.05, 4.69) is 4.98 Å². The predicted octanol–water partition coefficient (Wildman–Crippen LogP) is -0.230. The number of nitrogens with zero attached hydrogens (tertiary/aromatic N) is 1. The van der Waals surface area contributed by atoms with E-state index in [1.165, 1.54) is 30.0 Å². The number of carbonyl (C=O) groups is 2. The van der Waals surface area contributed by atoms with Gasteiger partial charge in [0.05, 0.1) is 0 Å². The average molecular weight is 166 g/mol. The van der Waals surface area contributed by atoms with Crippen LogP contribution in [-0.2, 0) is 4.79 Å². The average Bonchev–Trinajstić information content (AvgIpc) is 2.17. The van der Waals surface area contributed by atoms with E-state index in [9.17, 15) is 9.59 Å². The van der Waals surface area contributed by atoms with E-state index in [0.717, 1.165) is 0 Å². The van der Waals surface area contributed by atoms with Crippen LogP contribution in [0, 0.1) is 0 Å². The standard InChI is InChI=1S/C7H6N2O3/c10-6(7(11)9-12)5-1-3-8-4-2-5/h1-4,12H,(H,9,11). The summed E-state index contributed by atoms with van der Waals surface area (Å²) in [5.74, 6) is -1.85. The number of hydrogen-bond donors (Lipinski definition) is 2. The van der Waals surface area contributed by atoms with Gasteiger partial charge in [-0.25, -0.2) is 5.48 Å². The first-order valence-electron chi connectivity index (χ1n) is 3.14. The maximum absolute atomic E-state index is 11.0. The third kappa shape index (κ3) is 1.64. The Morgan fingerprint density at radius 1 is 1.33 bits per heavy atom. The van der Waals surface area contributed by atoms with Crippen LogP contribution in [0.25, 0.3) is 0 Å². The molecule has 5 heteroatoms. The molecule has 0 unspecified atom stereocenters. The van der Waals surface area contributed by atoms with Crippen molar-refractivity contribution >= 4 is 11.7 Å². The molecular formula is C7H6N2O3. The molecule has 1 amide bonds. The summed E-state index contributed by atoms with van der Waals surface area (Å²) < 4.78 is 0. The van der Waals surface area contributed by atoms with Gasteiger partial charge in [0, 0.05) is 18.0 Å². The molecule has 0 aliphatic heterocycles. The zero-order valence-corrected chi connectivity index (χ0v) is 6.02. The number of carbonyl (C=O) groups excluding carboxylic acids is 2. The van der Waals surface area contributed by atoms with Crippen LogP contribution in [0.15, 0.2) is 24.5 Å². The van der Waals surface area contributed by atoms with Crippen molar-refractivity contribution in [3.05, 3.63) is 30.1 Å². The number of ketones is 1. The molecule has 0 saturated heterocycles. The maximum atomic E-state index is 11.0. The summed E-state index contributed by atoms with van der Waals surface area (Å²) in [6.45, 7) is 0. The minimum Gasteiger partial charge on any atom is -0.288 e. The van der Waals surface area contributed by atoms with Gasteiger partial charge in [-0.1, -0.05) is 0 Å². The lowest BCUT2D eigenvalue weighted by molar-refractivity contribution is -0.124. The molecule has 0 fully saturated rings. The lowest BCUT2D eigenvalue weighted by Gasteiger charge is -1.95. The van der Waals surface area contributed by atoms with Gasteiger partial charge in [0.25, 0.3) is 5.78 Å². The lowest BCUT2D eigenvalue weighted by atomic mass is 10.2. The number of nitrogens with one attached hydrogen (secondary N) is 1. The number of Topliss-reactive ketones (excluding diaryl/α,β-unsaturated/α-hetero) is 1. The largest absolute Gasteiger partial charge is 0.315 e. The van der Waals surface area contributed by atoms with Crippen molar-refractivity contribution in [2.45, 2.75) is 0 Å². The summed E-state index contributed by atoms with van der Waals surface area (Å²) in [6, 6.07) is 2.77. The molecule has 0 spiro atoms. The Labute approximate surface area is 68.0 Å². The van der Waals surface area contributed by atoms with Gasteiger partial charge in [0.1, 0.15) is 0 Å². The van der Waals surface area contributed by atoms with Crippen LogP contribution < -0.4 is 5.48 Å². The Balaban J connectivity index is 2.86. The first-order chi connectivity index (χ1) is 5.75. The number of aromatic nitrogens is 1. The van der Waals surface area contributed by atoms with Gasteiger partial charge in [-0.2, -0.15) is 0 Å². The van der Waals surface area contributed by atoms with Crippen molar-refractivity contribution in [3.63, 3.8) is 0 Å². The smallest absolute Gasteiger partial charge is 0.288 e. The monoisotopic (exact) mass is 166 g/mol. The SMILES string of the molecule is O=C(NO)C(=O)c1ccncc1. The van der Waals surface area contributed by atoms with Gasteiger partial charge in [-0.05, 0) is 12.1 Å². The second kappa shape index (κ2) is 3.59. The number of pyridine rings is 1. The molecule has 0 atom stereocenters.